The van der Waals surface area contributed by atoms with Crippen molar-refractivity contribution in [3.8, 4) is 0 Å². The van der Waals surface area contributed by atoms with Gasteiger partial charge in [-0.2, -0.15) is 0 Å². The van der Waals surface area contributed by atoms with Crippen molar-refractivity contribution in [2.45, 2.75) is 20.3 Å². The lowest BCUT2D eigenvalue weighted by Gasteiger charge is -2.03. The molecule has 0 atom stereocenters. The van der Waals surface area contributed by atoms with E-state index in [1.807, 2.05) is 19.1 Å². The van der Waals surface area contributed by atoms with E-state index in [1.165, 1.54) is 13.0 Å². The van der Waals surface area contributed by atoms with E-state index in [0.29, 0.717) is 13.0 Å². The number of benzene rings is 1. The number of hydrogen-bond donors (Lipinski definition) is 2. The fraction of sp³-hybridized carbons (Fsp3) is 0.308. The van der Waals surface area contributed by atoms with Crippen LogP contribution in [0.5, 0.6) is 0 Å². The van der Waals surface area contributed by atoms with Gasteiger partial charge in [0.15, 0.2) is 0 Å². The van der Waals surface area contributed by atoms with Crippen LogP contribution in [0.15, 0.2) is 18.2 Å². The van der Waals surface area contributed by atoms with Crippen molar-refractivity contribution in [1.82, 2.24) is 5.32 Å². The first kappa shape index (κ1) is 13.2. The number of amides is 1. The maximum Gasteiger partial charge on any atom is 0.216 e. The lowest BCUT2D eigenvalue weighted by atomic mass is 10.1. The van der Waals surface area contributed by atoms with E-state index >= 15 is 0 Å². The highest BCUT2D eigenvalue weighted by Gasteiger charge is 2.01. The average molecular weight is 236 g/mol. The van der Waals surface area contributed by atoms with Crippen LogP contribution in [0, 0.1) is 12.7 Å². The number of rotatable bonds is 4. The minimum absolute atomic E-state index is 0.0480. The topological polar surface area (TPSA) is 55.1 Å². The number of carbonyl (C=O) groups excluding carboxylic acids is 1. The molecule has 0 fully saturated rings. The van der Waals surface area contributed by atoms with Gasteiger partial charge in [0.05, 0.1) is 5.69 Å². The van der Waals surface area contributed by atoms with Gasteiger partial charge in [-0.3, -0.25) is 4.79 Å². The number of anilines is 1. The number of nitrogens with one attached hydrogen (secondary N) is 1. The summed E-state index contributed by atoms with van der Waals surface area (Å²) in [4.78, 5) is 10.6. The van der Waals surface area contributed by atoms with E-state index in [1.54, 1.807) is 6.07 Å². The Hall–Kier alpha value is -1.84. The molecule has 3 nitrogen and oxygen atoms in total. The summed E-state index contributed by atoms with van der Waals surface area (Å²) < 4.78 is 13.2. The molecule has 0 spiro atoms. The van der Waals surface area contributed by atoms with Gasteiger partial charge >= 0.3 is 0 Å². The van der Waals surface area contributed by atoms with Crippen molar-refractivity contribution in [1.29, 1.82) is 0 Å². The Balaban J connectivity index is 2.59. The third kappa shape index (κ3) is 4.26. The fourth-order valence-electron chi connectivity index (χ4n) is 1.44. The molecule has 1 aromatic rings. The molecule has 0 bridgehead atoms. The SMILES string of the molecule is CC(=O)NCCC=Cc1cc(F)c(N)cc1C. The van der Waals surface area contributed by atoms with Gasteiger partial charge in [0.25, 0.3) is 0 Å². The zero-order valence-electron chi connectivity index (χ0n) is 10.1. The van der Waals surface area contributed by atoms with Crippen molar-refractivity contribution in [3.05, 3.63) is 35.2 Å². The maximum absolute atomic E-state index is 13.2. The molecular weight excluding hydrogens is 219 g/mol. The highest BCUT2D eigenvalue weighted by molar-refractivity contribution is 5.72. The Kier molecular flexibility index (Phi) is 4.69. The molecule has 1 rings (SSSR count). The number of nitrogens with two attached hydrogens (primary N) is 1. The van der Waals surface area contributed by atoms with E-state index < -0.39 is 5.82 Å². The number of hydrogen-bond acceptors (Lipinski definition) is 2. The van der Waals surface area contributed by atoms with E-state index in [-0.39, 0.29) is 11.6 Å². The van der Waals surface area contributed by atoms with Crippen LogP contribution >= 0.6 is 0 Å². The van der Waals surface area contributed by atoms with Gasteiger partial charge in [-0.1, -0.05) is 12.2 Å². The predicted molar refractivity (Wildman–Crippen MR) is 67.9 cm³/mol. The van der Waals surface area contributed by atoms with Crippen LogP contribution in [0.4, 0.5) is 10.1 Å². The number of nitrogen functional groups attached to an aromatic ring is 1. The Labute approximate surface area is 101 Å². The minimum atomic E-state index is -0.405. The van der Waals surface area contributed by atoms with Crippen LogP contribution < -0.4 is 11.1 Å². The summed E-state index contributed by atoms with van der Waals surface area (Å²) in [5.74, 6) is -0.453. The third-order valence-electron chi connectivity index (χ3n) is 2.37. The quantitative estimate of drug-likeness (QED) is 0.622. The number of halogens is 1. The molecule has 0 unspecified atom stereocenters. The molecule has 17 heavy (non-hydrogen) atoms. The predicted octanol–water partition coefficient (Wildman–Crippen LogP) is 2.26. The van der Waals surface area contributed by atoms with Crippen molar-refractivity contribution >= 4 is 17.7 Å². The molecule has 0 aliphatic carbocycles. The molecule has 1 aromatic carbocycles. The largest absolute Gasteiger partial charge is 0.396 e. The average Bonchev–Trinajstić information content (AvgIpc) is 2.24. The van der Waals surface area contributed by atoms with E-state index in [4.69, 9.17) is 5.73 Å². The second-order valence-corrected chi connectivity index (χ2v) is 3.90. The molecule has 92 valence electrons. The van der Waals surface area contributed by atoms with Crippen LogP contribution in [0.1, 0.15) is 24.5 Å². The molecule has 4 heteroatoms. The first-order valence-corrected chi connectivity index (χ1v) is 5.47. The molecule has 3 N–H and O–H groups in total. The lowest BCUT2D eigenvalue weighted by molar-refractivity contribution is -0.118. The summed E-state index contributed by atoms with van der Waals surface area (Å²) in [5.41, 5.74) is 7.35. The van der Waals surface area contributed by atoms with E-state index in [2.05, 4.69) is 5.32 Å². The second-order valence-electron chi connectivity index (χ2n) is 3.90. The molecule has 0 heterocycles. The first-order valence-electron chi connectivity index (χ1n) is 5.47. The van der Waals surface area contributed by atoms with Crippen LogP contribution in [0.25, 0.3) is 6.08 Å². The second kappa shape index (κ2) is 6.03. The van der Waals surface area contributed by atoms with Gasteiger partial charge in [0.2, 0.25) is 5.91 Å². The van der Waals surface area contributed by atoms with Crippen molar-refractivity contribution in [2.24, 2.45) is 0 Å². The smallest absolute Gasteiger partial charge is 0.216 e. The lowest BCUT2D eigenvalue weighted by Crippen LogP contribution is -2.20. The standard InChI is InChI=1S/C13H17FN2O/c1-9-7-13(15)12(14)8-11(9)5-3-4-6-16-10(2)17/h3,5,7-8H,4,6,15H2,1-2H3,(H,16,17). The normalized spacial score (nSPS) is 10.8. The minimum Gasteiger partial charge on any atom is -0.396 e. The molecule has 0 aliphatic heterocycles. The van der Waals surface area contributed by atoms with Crippen LogP contribution in [0.3, 0.4) is 0 Å². The van der Waals surface area contributed by atoms with Crippen LogP contribution in [0.2, 0.25) is 0 Å². The molecule has 1 amide bonds. The summed E-state index contributed by atoms with van der Waals surface area (Å²) in [5, 5.41) is 2.68. The zero-order valence-corrected chi connectivity index (χ0v) is 10.1. The summed E-state index contributed by atoms with van der Waals surface area (Å²) in [7, 11) is 0. The Morgan fingerprint density at radius 3 is 2.88 bits per heavy atom. The monoisotopic (exact) mass is 236 g/mol. The summed E-state index contributed by atoms with van der Waals surface area (Å²) in [6.07, 6.45) is 4.44. The van der Waals surface area contributed by atoms with Gasteiger partial charge in [-0.25, -0.2) is 4.39 Å². The highest BCUT2D eigenvalue weighted by Crippen LogP contribution is 2.18. The molecule has 0 saturated heterocycles. The zero-order chi connectivity index (χ0) is 12.8. The fourth-order valence-corrected chi connectivity index (χ4v) is 1.44. The number of carbonyl (C=O) groups is 1. The van der Waals surface area contributed by atoms with Gasteiger partial charge in [0, 0.05) is 13.5 Å². The molecule has 0 aromatic heterocycles. The molecule has 0 aliphatic rings. The maximum atomic E-state index is 13.2. The Bertz CT molecular complexity index is 441. The van der Waals surface area contributed by atoms with Crippen LogP contribution in [-0.4, -0.2) is 12.5 Å². The van der Waals surface area contributed by atoms with E-state index in [9.17, 15) is 9.18 Å². The third-order valence-corrected chi connectivity index (χ3v) is 2.37. The molecular formula is C13H17FN2O. The summed E-state index contributed by atoms with van der Waals surface area (Å²) in [6, 6.07) is 3.03. The van der Waals surface area contributed by atoms with E-state index in [0.717, 1.165) is 11.1 Å². The van der Waals surface area contributed by atoms with Gasteiger partial charge in [0.1, 0.15) is 5.82 Å². The summed E-state index contributed by atoms with van der Waals surface area (Å²) >= 11 is 0. The van der Waals surface area contributed by atoms with Gasteiger partial charge < -0.3 is 11.1 Å². The Morgan fingerprint density at radius 2 is 2.24 bits per heavy atom. The van der Waals surface area contributed by atoms with Crippen LogP contribution in [-0.2, 0) is 4.79 Å². The Morgan fingerprint density at radius 1 is 1.53 bits per heavy atom. The van der Waals surface area contributed by atoms with Crippen molar-refractivity contribution in [3.63, 3.8) is 0 Å². The highest BCUT2D eigenvalue weighted by atomic mass is 19.1. The van der Waals surface area contributed by atoms with Gasteiger partial charge in [-0.05, 0) is 36.6 Å². The number of aryl methyl sites for hydroxylation is 1. The summed E-state index contributed by atoms with van der Waals surface area (Å²) in [6.45, 7) is 3.94. The first-order chi connectivity index (χ1) is 8.00. The molecule has 0 saturated carbocycles. The van der Waals surface area contributed by atoms with Gasteiger partial charge in [-0.15, -0.1) is 0 Å². The van der Waals surface area contributed by atoms with Crippen molar-refractivity contribution < 1.29 is 9.18 Å². The molecule has 0 radical (unpaired) electrons. The van der Waals surface area contributed by atoms with Crippen molar-refractivity contribution in [2.75, 3.05) is 12.3 Å².